The molecule has 0 bridgehead atoms. The zero-order valence-corrected chi connectivity index (χ0v) is 11.8. The SMILES string of the molecule is Cc1ccc(CN2CCc3nc(C4CC4)ncc3C2)o1. The molecule has 0 amide bonds. The summed E-state index contributed by atoms with van der Waals surface area (Å²) < 4.78 is 5.66. The standard InChI is InChI=1S/C16H19N3O/c1-11-2-5-14(20-11)10-19-7-6-15-13(9-19)8-17-16(18-15)12-3-4-12/h2,5,8,12H,3-4,6-7,9-10H2,1H3. The Morgan fingerprint density at radius 3 is 3.00 bits per heavy atom. The van der Waals surface area contributed by atoms with Crippen LogP contribution in [0, 0.1) is 6.92 Å². The molecule has 0 N–H and O–H groups in total. The molecule has 4 nitrogen and oxygen atoms in total. The van der Waals surface area contributed by atoms with E-state index in [1.54, 1.807) is 0 Å². The van der Waals surface area contributed by atoms with Gasteiger partial charge >= 0.3 is 0 Å². The van der Waals surface area contributed by atoms with E-state index in [9.17, 15) is 0 Å². The maximum Gasteiger partial charge on any atom is 0.131 e. The molecule has 2 aromatic heterocycles. The lowest BCUT2D eigenvalue weighted by Crippen LogP contribution is -2.31. The van der Waals surface area contributed by atoms with E-state index in [1.165, 1.54) is 24.1 Å². The molecule has 1 saturated carbocycles. The average Bonchev–Trinajstić information content (AvgIpc) is 3.22. The molecule has 1 aliphatic carbocycles. The van der Waals surface area contributed by atoms with Gasteiger partial charge in [0, 0.05) is 42.9 Å². The number of hydrogen-bond donors (Lipinski definition) is 0. The summed E-state index contributed by atoms with van der Waals surface area (Å²) in [6, 6.07) is 4.09. The van der Waals surface area contributed by atoms with Crippen molar-refractivity contribution in [3.63, 3.8) is 0 Å². The van der Waals surface area contributed by atoms with Gasteiger partial charge in [-0.1, -0.05) is 0 Å². The molecule has 4 rings (SSSR count). The summed E-state index contributed by atoms with van der Waals surface area (Å²) in [5.41, 5.74) is 2.54. The third-order valence-corrected chi connectivity index (χ3v) is 4.15. The van der Waals surface area contributed by atoms with Gasteiger partial charge in [-0.25, -0.2) is 9.97 Å². The number of nitrogens with zero attached hydrogens (tertiary/aromatic N) is 3. The first kappa shape index (κ1) is 12.1. The molecule has 0 atom stereocenters. The van der Waals surface area contributed by atoms with Crippen LogP contribution in [-0.2, 0) is 19.5 Å². The van der Waals surface area contributed by atoms with Crippen molar-refractivity contribution in [1.29, 1.82) is 0 Å². The monoisotopic (exact) mass is 269 g/mol. The Hall–Kier alpha value is -1.68. The van der Waals surface area contributed by atoms with Crippen LogP contribution in [0.15, 0.2) is 22.7 Å². The number of furan rings is 1. The van der Waals surface area contributed by atoms with Crippen LogP contribution in [0.4, 0.5) is 0 Å². The molecule has 1 aliphatic heterocycles. The Morgan fingerprint density at radius 1 is 1.35 bits per heavy atom. The summed E-state index contributed by atoms with van der Waals surface area (Å²) in [6.45, 7) is 4.84. The molecular formula is C16H19N3O. The number of aryl methyl sites for hydroxylation is 1. The summed E-state index contributed by atoms with van der Waals surface area (Å²) in [6.07, 6.45) is 5.60. The molecule has 2 aromatic rings. The zero-order chi connectivity index (χ0) is 13.5. The van der Waals surface area contributed by atoms with Gasteiger partial charge in [-0.15, -0.1) is 0 Å². The second-order valence-electron chi connectivity index (χ2n) is 5.95. The topological polar surface area (TPSA) is 42.2 Å². The minimum atomic E-state index is 0.643. The van der Waals surface area contributed by atoms with Crippen molar-refractivity contribution in [1.82, 2.24) is 14.9 Å². The first-order chi connectivity index (χ1) is 9.78. The summed E-state index contributed by atoms with van der Waals surface area (Å²) in [4.78, 5) is 11.7. The lowest BCUT2D eigenvalue weighted by molar-refractivity contribution is 0.222. The van der Waals surface area contributed by atoms with Crippen molar-refractivity contribution in [2.45, 2.75) is 45.2 Å². The van der Waals surface area contributed by atoms with E-state index in [4.69, 9.17) is 9.40 Å². The molecule has 104 valence electrons. The third kappa shape index (κ3) is 2.36. The second-order valence-corrected chi connectivity index (χ2v) is 5.95. The van der Waals surface area contributed by atoms with Crippen molar-refractivity contribution in [3.8, 4) is 0 Å². The Kier molecular flexibility index (Phi) is 2.84. The normalized spacial score (nSPS) is 19.1. The van der Waals surface area contributed by atoms with Crippen LogP contribution in [-0.4, -0.2) is 21.4 Å². The smallest absolute Gasteiger partial charge is 0.131 e. The summed E-state index contributed by atoms with van der Waals surface area (Å²) in [7, 11) is 0. The maximum atomic E-state index is 5.66. The molecule has 0 aromatic carbocycles. The second kappa shape index (κ2) is 4.70. The number of hydrogen-bond acceptors (Lipinski definition) is 4. The predicted octanol–water partition coefficient (Wildman–Crippen LogP) is 2.81. The van der Waals surface area contributed by atoms with Gasteiger partial charge in [0.15, 0.2) is 0 Å². The molecule has 3 heterocycles. The maximum absolute atomic E-state index is 5.66. The van der Waals surface area contributed by atoms with E-state index >= 15 is 0 Å². The molecule has 0 spiro atoms. The van der Waals surface area contributed by atoms with Crippen LogP contribution in [0.25, 0.3) is 0 Å². The van der Waals surface area contributed by atoms with Gasteiger partial charge in [-0.05, 0) is 31.9 Å². The lowest BCUT2D eigenvalue weighted by atomic mass is 10.1. The van der Waals surface area contributed by atoms with E-state index in [0.29, 0.717) is 5.92 Å². The minimum absolute atomic E-state index is 0.643. The number of aromatic nitrogens is 2. The summed E-state index contributed by atoms with van der Waals surface area (Å²) in [5.74, 6) is 3.74. The molecule has 1 fully saturated rings. The lowest BCUT2D eigenvalue weighted by Gasteiger charge is -2.27. The molecule has 4 heteroatoms. The van der Waals surface area contributed by atoms with E-state index in [1.807, 2.05) is 19.2 Å². The quantitative estimate of drug-likeness (QED) is 0.859. The zero-order valence-electron chi connectivity index (χ0n) is 11.8. The predicted molar refractivity (Wildman–Crippen MR) is 75.3 cm³/mol. The van der Waals surface area contributed by atoms with Crippen molar-refractivity contribution >= 4 is 0 Å². The molecule has 2 aliphatic rings. The van der Waals surface area contributed by atoms with Crippen molar-refractivity contribution in [2.75, 3.05) is 6.54 Å². The third-order valence-electron chi connectivity index (χ3n) is 4.15. The fraction of sp³-hybridized carbons (Fsp3) is 0.500. The van der Waals surface area contributed by atoms with E-state index in [2.05, 4.69) is 16.0 Å². The number of rotatable bonds is 3. The van der Waals surface area contributed by atoms with Crippen LogP contribution in [0.1, 0.15) is 47.4 Å². The van der Waals surface area contributed by atoms with Crippen molar-refractivity contribution < 1.29 is 4.42 Å². The van der Waals surface area contributed by atoms with Gasteiger partial charge in [-0.2, -0.15) is 0 Å². The van der Waals surface area contributed by atoms with Gasteiger partial charge in [-0.3, -0.25) is 4.90 Å². The van der Waals surface area contributed by atoms with Gasteiger partial charge < -0.3 is 4.42 Å². The molecule has 0 radical (unpaired) electrons. The van der Waals surface area contributed by atoms with Gasteiger partial charge in [0.1, 0.15) is 17.3 Å². The van der Waals surface area contributed by atoms with Gasteiger partial charge in [0.05, 0.1) is 6.54 Å². The average molecular weight is 269 g/mol. The molecule has 0 saturated heterocycles. The highest BCUT2D eigenvalue weighted by molar-refractivity contribution is 5.22. The molecule has 20 heavy (non-hydrogen) atoms. The van der Waals surface area contributed by atoms with Gasteiger partial charge in [0.25, 0.3) is 0 Å². The molecule has 0 unspecified atom stereocenters. The number of fused-ring (bicyclic) bond motifs is 1. The Labute approximate surface area is 118 Å². The Bertz CT molecular complexity index is 630. The van der Waals surface area contributed by atoms with Crippen LogP contribution in [0.2, 0.25) is 0 Å². The van der Waals surface area contributed by atoms with Gasteiger partial charge in [0.2, 0.25) is 0 Å². The molecular weight excluding hydrogens is 250 g/mol. The van der Waals surface area contributed by atoms with E-state index in [-0.39, 0.29) is 0 Å². The fourth-order valence-corrected chi connectivity index (χ4v) is 2.85. The van der Waals surface area contributed by atoms with Crippen molar-refractivity contribution in [2.24, 2.45) is 0 Å². The van der Waals surface area contributed by atoms with E-state index < -0.39 is 0 Å². The summed E-state index contributed by atoms with van der Waals surface area (Å²) in [5, 5.41) is 0. The van der Waals surface area contributed by atoms with E-state index in [0.717, 1.165) is 43.4 Å². The van der Waals surface area contributed by atoms with Crippen molar-refractivity contribution in [3.05, 3.63) is 46.9 Å². The fourth-order valence-electron chi connectivity index (χ4n) is 2.85. The van der Waals surface area contributed by atoms with Crippen LogP contribution >= 0.6 is 0 Å². The largest absolute Gasteiger partial charge is 0.465 e. The van der Waals surface area contributed by atoms with Crippen LogP contribution in [0.3, 0.4) is 0 Å². The highest BCUT2D eigenvalue weighted by Crippen LogP contribution is 2.38. The first-order valence-electron chi connectivity index (χ1n) is 7.40. The highest BCUT2D eigenvalue weighted by Gasteiger charge is 2.28. The highest BCUT2D eigenvalue weighted by atomic mass is 16.3. The van der Waals surface area contributed by atoms with Crippen LogP contribution < -0.4 is 0 Å². The first-order valence-corrected chi connectivity index (χ1v) is 7.40. The Morgan fingerprint density at radius 2 is 2.25 bits per heavy atom. The summed E-state index contributed by atoms with van der Waals surface area (Å²) >= 11 is 0. The minimum Gasteiger partial charge on any atom is -0.465 e. The Balaban J connectivity index is 1.48. The van der Waals surface area contributed by atoms with Crippen LogP contribution in [0.5, 0.6) is 0 Å².